The van der Waals surface area contributed by atoms with Gasteiger partial charge in [0.1, 0.15) is 0 Å². The molecule has 2 aliphatic rings. The molecule has 11 heavy (non-hydrogen) atoms. The lowest BCUT2D eigenvalue weighted by molar-refractivity contribution is -0.0494. The second-order valence-electron chi connectivity index (χ2n) is 3.65. The molecule has 2 fully saturated rings. The summed E-state index contributed by atoms with van der Waals surface area (Å²) in [5.74, 6) is 0. The summed E-state index contributed by atoms with van der Waals surface area (Å²) in [6.07, 6.45) is 4.42. The van der Waals surface area contributed by atoms with E-state index in [9.17, 15) is 0 Å². The minimum Gasteiger partial charge on any atom is -0.375 e. The lowest BCUT2D eigenvalue weighted by atomic mass is 10.1. The topological polar surface area (TPSA) is 12.5 Å². The molecule has 2 nitrogen and oxygen atoms in total. The molecule has 0 saturated carbocycles. The first-order valence-electron chi connectivity index (χ1n) is 4.76. The number of fused-ring (bicyclic) bond motifs is 1. The lowest BCUT2D eigenvalue weighted by Crippen LogP contribution is -2.45. The van der Waals surface area contributed by atoms with Crippen LogP contribution in [0.2, 0.25) is 0 Å². The minimum absolute atomic E-state index is 0.518. The number of morpholine rings is 1. The summed E-state index contributed by atoms with van der Waals surface area (Å²) >= 11 is 0. The van der Waals surface area contributed by atoms with Crippen molar-refractivity contribution in [3.8, 4) is 0 Å². The van der Waals surface area contributed by atoms with Crippen LogP contribution < -0.4 is 0 Å². The van der Waals surface area contributed by atoms with Crippen LogP contribution in [0, 0.1) is 0 Å². The van der Waals surface area contributed by atoms with Crippen LogP contribution in [0.4, 0.5) is 0 Å². The molecule has 2 heterocycles. The Hall–Kier alpha value is -0.0800. The van der Waals surface area contributed by atoms with Crippen molar-refractivity contribution < 1.29 is 4.74 Å². The Kier molecular flexibility index (Phi) is 2.14. The smallest absolute Gasteiger partial charge is 0.0700 e. The molecular formula is C9H17NO. The standard InChI is InChI=1S/C9H17NO/c1-2-9-6-10-5-3-4-8(10)7-11-9/h8-9H,2-7H2,1H3/t8?,9-/m1/s1. The molecule has 64 valence electrons. The molecule has 2 heteroatoms. The van der Waals surface area contributed by atoms with Gasteiger partial charge in [-0.15, -0.1) is 0 Å². The second kappa shape index (κ2) is 3.11. The maximum Gasteiger partial charge on any atom is 0.0700 e. The summed E-state index contributed by atoms with van der Waals surface area (Å²) in [5.41, 5.74) is 0. The predicted octanol–water partition coefficient (Wildman–Crippen LogP) is 1.26. The van der Waals surface area contributed by atoms with Gasteiger partial charge in [0.25, 0.3) is 0 Å². The Bertz CT molecular complexity index is 138. The van der Waals surface area contributed by atoms with Gasteiger partial charge in [0.15, 0.2) is 0 Å². The summed E-state index contributed by atoms with van der Waals surface area (Å²) in [5, 5.41) is 0. The van der Waals surface area contributed by atoms with Gasteiger partial charge in [0.05, 0.1) is 12.7 Å². The van der Waals surface area contributed by atoms with Crippen LogP contribution in [0.5, 0.6) is 0 Å². The first-order chi connectivity index (χ1) is 5.40. The van der Waals surface area contributed by atoms with E-state index in [-0.39, 0.29) is 0 Å². The fraction of sp³-hybridized carbons (Fsp3) is 1.00. The average Bonchev–Trinajstić information content (AvgIpc) is 2.50. The highest BCUT2D eigenvalue weighted by Crippen LogP contribution is 2.23. The molecule has 2 rings (SSSR count). The van der Waals surface area contributed by atoms with E-state index in [4.69, 9.17) is 4.74 Å². The Balaban J connectivity index is 1.91. The third kappa shape index (κ3) is 1.42. The van der Waals surface area contributed by atoms with Crippen molar-refractivity contribution in [3.05, 3.63) is 0 Å². The summed E-state index contributed by atoms with van der Waals surface area (Å²) < 4.78 is 5.70. The Morgan fingerprint density at radius 1 is 1.55 bits per heavy atom. The highest BCUT2D eigenvalue weighted by Gasteiger charge is 2.31. The van der Waals surface area contributed by atoms with Crippen molar-refractivity contribution >= 4 is 0 Å². The van der Waals surface area contributed by atoms with E-state index < -0.39 is 0 Å². The van der Waals surface area contributed by atoms with E-state index in [1.54, 1.807) is 0 Å². The number of ether oxygens (including phenoxy) is 1. The first-order valence-corrected chi connectivity index (χ1v) is 4.76. The molecule has 0 radical (unpaired) electrons. The number of hydrogen-bond acceptors (Lipinski definition) is 2. The zero-order valence-electron chi connectivity index (χ0n) is 7.25. The molecule has 0 aromatic heterocycles. The van der Waals surface area contributed by atoms with E-state index in [2.05, 4.69) is 11.8 Å². The van der Waals surface area contributed by atoms with Crippen LogP contribution in [0.1, 0.15) is 26.2 Å². The molecular weight excluding hydrogens is 138 g/mol. The van der Waals surface area contributed by atoms with Crippen molar-refractivity contribution in [2.24, 2.45) is 0 Å². The number of rotatable bonds is 1. The van der Waals surface area contributed by atoms with Crippen molar-refractivity contribution in [1.29, 1.82) is 0 Å². The van der Waals surface area contributed by atoms with Gasteiger partial charge in [-0.2, -0.15) is 0 Å². The van der Waals surface area contributed by atoms with Gasteiger partial charge < -0.3 is 4.74 Å². The van der Waals surface area contributed by atoms with Gasteiger partial charge in [0.2, 0.25) is 0 Å². The Morgan fingerprint density at radius 3 is 3.27 bits per heavy atom. The molecule has 2 saturated heterocycles. The minimum atomic E-state index is 0.518. The van der Waals surface area contributed by atoms with Crippen molar-refractivity contribution in [2.75, 3.05) is 19.7 Å². The first kappa shape index (κ1) is 7.56. The van der Waals surface area contributed by atoms with E-state index in [1.165, 1.54) is 32.4 Å². The largest absolute Gasteiger partial charge is 0.375 e. The van der Waals surface area contributed by atoms with Crippen molar-refractivity contribution in [1.82, 2.24) is 4.90 Å². The molecule has 0 N–H and O–H groups in total. The lowest BCUT2D eigenvalue weighted by Gasteiger charge is -2.34. The van der Waals surface area contributed by atoms with Gasteiger partial charge in [-0.3, -0.25) is 4.90 Å². The molecule has 0 amide bonds. The van der Waals surface area contributed by atoms with Crippen molar-refractivity contribution in [3.63, 3.8) is 0 Å². The number of hydrogen-bond donors (Lipinski definition) is 0. The quantitative estimate of drug-likeness (QED) is 0.565. The fourth-order valence-electron chi connectivity index (χ4n) is 2.13. The monoisotopic (exact) mass is 155 g/mol. The van der Waals surface area contributed by atoms with Crippen LogP contribution in [0.3, 0.4) is 0 Å². The molecule has 0 spiro atoms. The van der Waals surface area contributed by atoms with Gasteiger partial charge >= 0.3 is 0 Å². The average molecular weight is 155 g/mol. The molecule has 0 aliphatic carbocycles. The second-order valence-corrected chi connectivity index (χ2v) is 3.65. The van der Waals surface area contributed by atoms with E-state index in [0.29, 0.717) is 6.10 Å². The van der Waals surface area contributed by atoms with Crippen LogP contribution in [-0.4, -0.2) is 36.7 Å². The van der Waals surface area contributed by atoms with Gasteiger partial charge in [0, 0.05) is 12.6 Å². The molecule has 0 bridgehead atoms. The highest BCUT2D eigenvalue weighted by molar-refractivity contribution is 4.84. The zero-order valence-corrected chi connectivity index (χ0v) is 7.25. The van der Waals surface area contributed by atoms with Gasteiger partial charge in [-0.05, 0) is 25.8 Å². The van der Waals surface area contributed by atoms with E-state index >= 15 is 0 Å². The summed E-state index contributed by atoms with van der Waals surface area (Å²) in [7, 11) is 0. The third-order valence-electron chi connectivity index (χ3n) is 2.92. The molecule has 2 atom stereocenters. The summed E-state index contributed by atoms with van der Waals surface area (Å²) in [4.78, 5) is 2.59. The van der Waals surface area contributed by atoms with E-state index in [1.807, 2.05) is 0 Å². The van der Waals surface area contributed by atoms with Crippen LogP contribution in [-0.2, 0) is 4.74 Å². The Morgan fingerprint density at radius 2 is 2.45 bits per heavy atom. The predicted molar refractivity (Wildman–Crippen MR) is 44.6 cm³/mol. The highest BCUT2D eigenvalue weighted by atomic mass is 16.5. The number of nitrogens with zero attached hydrogens (tertiary/aromatic N) is 1. The van der Waals surface area contributed by atoms with Gasteiger partial charge in [-0.1, -0.05) is 6.92 Å². The van der Waals surface area contributed by atoms with Crippen LogP contribution in [0.25, 0.3) is 0 Å². The van der Waals surface area contributed by atoms with Crippen molar-refractivity contribution in [2.45, 2.75) is 38.3 Å². The third-order valence-corrected chi connectivity index (χ3v) is 2.92. The molecule has 1 unspecified atom stereocenters. The van der Waals surface area contributed by atoms with E-state index in [0.717, 1.165) is 12.6 Å². The Labute approximate surface area is 68.5 Å². The SMILES string of the molecule is CC[C@@H]1CN2CCCC2CO1. The normalized spacial score (nSPS) is 39.0. The summed E-state index contributed by atoms with van der Waals surface area (Å²) in [6.45, 7) is 5.69. The maximum absolute atomic E-state index is 5.70. The molecule has 0 aromatic carbocycles. The zero-order chi connectivity index (χ0) is 7.68. The molecule has 0 aromatic rings. The molecule has 2 aliphatic heterocycles. The van der Waals surface area contributed by atoms with Gasteiger partial charge in [-0.25, -0.2) is 0 Å². The van der Waals surface area contributed by atoms with Crippen LogP contribution in [0.15, 0.2) is 0 Å². The summed E-state index contributed by atoms with van der Waals surface area (Å²) in [6, 6.07) is 0.762. The fourth-order valence-corrected chi connectivity index (χ4v) is 2.13. The van der Waals surface area contributed by atoms with Crippen LogP contribution >= 0.6 is 0 Å². The maximum atomic E-state index is 5.70.